The molecule has 0 aliphatic carbocycles. The third-order valence-corrected chi connectivity index (χ3v) is 4.58. The van der Waals surface area contributed by atoms with Gasteiger partial charge in [-0.05, 0) is 42.5 Å². The molecule has 148 valence electrons. The number of hydrogen-bond acceptors (Lipinski definition) is 3. The summed E-state index contributed by atoms with van der Waals surface area (Å²) in [6.45, 7) is 0. The quantitative estimate of drug-likeness (QED) is 0.457. The average molecular weight is 395 g/mol. The maximum absolute atomic E-state index is 12.4. The van der Waals surface area contributed by atoms with E-state index in [-0.39, 0.29) is 5.91 Å². The molecule has 0 bridgehead atoms. The highest BCUT2D eigenvalue weighted by Gasteiger charge is 2.10. The molecule has 1 N–H and O–H groups in total. The largest absolute Gasteiger partial charge is 0.497 e. The number of amides is 1. The second-order valence-corrected chi connectivity index (χ2v) is 6.63. The van der Waals surface area contributed by atoms with Gasteiger partial charge in [0.05, 0.1) is 18.5 Å². The number of nitrogens with one attached hydrogen (secondary N) is 1. The van der Waals surface area contributed by atoms with Crippen molar-refractivity contribution >= 4 is 17.7 Å². The number of benzene rings is 3. The first-order valence-electron chi connectivity index (χ1n) is 9.56. The smallest absolute Gasteiger partial charge is 0.248 e. The number of carbonyl (C=O) groups is 1. The zero-order chi connectivity index (χ0) is 20.8. The van der Waals surface area contributed by atoms with Gasteiger partial charge in [-0.25, -0.2) is 4.68 Å². The molecule has 3 aromatic carbocycles. The van der Waals surface area contributed by atoms with Crippen molar-refractivity contribution in [2.24, 2.45) is 0 Å². The van der Waals surface area contributed by atoms with E-state index in [1.807, 2.05) is 71.5 Å². The molecule has 30 heavy (non-hydrogen) atoms. The lowest BCUT2D eigenvalue weighted by atomic mass is 10.1. The van der Waals surface area contributed by atoms with Crippen molar-refractivity contribution in [3.05, 3.63) is 103 Å². The number of methoxy groups -OCH3 is 1. The topological polar surface area (TPSA) is 56.1 Å². The molecule has 4 rings (SSSR count). The number of ether oxygens (including phenoxy) is 1. The first-order valence-corrected chi connectivity index (χ1v) is 9.56. The van der Waals surface area contributed by atoms with Gasteiger partial charge in [-0.15, -0.1) is 0 Å². The van der Waals surface area contributed by atoms with Crippen LogP contribution in [-0.2, 0) is 4.79 Å². The molecule has 0 unspecified atom stereocenters. The Kier molecular flexibility index (Phi) is 5.71. The molecular weight excluding hydrogens is 374 g/mol. The van der Waals surface area contributed by atoms with Gasteiger partial charge in [-0.1, -0.05) is 48.5 Å². The highest BCUT2D eigenvalue weighted by atomic mass is 16.5. The minimum absolute atomic E-state index is 0.216. The Morgan fingerprint density at radius 2 is 1.60 bits per heavy atom. The molecule has 5 nitrogen and oxygen atoms in total. The van der Waals surface area contributed by atoms with Gasteiger partial charge in [0, 0.05) is 29.1 Å². The molecule has 0 spiro atoms. The Balaban J connectivity index is 1.60. The van der Waals surface area contributed by atoms with Crippen molar-refractivity contribution in [1.29, 1.82) is 0 Å². The van der Waals surface area contributed by atoms with Gasteiger partial charge in [-0.2, -0.15) is 5.10 Å². The molecule has 1 amide bonds. The summed E-state index contributed by atoms with van der Waals surface area (Å²) in [4.78, 5) is 12.4. The van der Waals surface area contributed by atoms with Gasteiger partial charge in [0.2, 0.25) is 5.91 Å². The number of hydrogen-bond donors (Lipinski definition) is 1. The third-order valence-electron chi connectivity index (χ3n) is 4.58. The van der Waals surface area contributed by atoms with E-state index in [0.717, 1.165) is 28.3 Å². The molecule has 0 fully saturated rings. The van der Waals surface area contributed by atoms with Crippen LogP contribution in [0.25, 0.3) is 23.0 Å². The Hall–Kier alpha value is -4.12. The van der Waals surface area contributed by atoms with E-state index in [9.17, 15) is 4.79 Å². The first kappa shape index (κ1) is 19.2. The summed E-state index contributed by atoms with van der Waals surface area (Å²) < 4.78 is 6.96. The van der Waals surface area contributed by atoms with Crippen molar-refractivity contribution in [2.45, 2.75) is 0 Å². The molecule has 5 heteroatoms. The maximum Gasteiger partial charge on any atom is 0.248 e. The van der Waals surface area contributed by atoms with Gasteiger partial charge in [-0.3, -0.25) is 4.79 Å². The summed E-state index contributed by atoms with van der Waals surface area (Å²) in [6.07, 6.45) is 5.23. The Morgan fingerprint density at radius 1 is 0.933 bits per heavy atom. The molecule has 1 aromatic heterocycles. The molecule has 1 heterocycles. The molecule has 0 saturated carbocycles. The Morgan fingerprint density at radius 3 is 2.27 bits per heavy atom. The molecule has 0 saturated heterocycles. The van der Waals surface area contributed by atoms with E-state index in [1.54, 1.807) is 37.5 Å². The standard InChI is InChI=1S/C25H21N3O2/c1-30-23-15-13-21(14-16-23)26-24(29)17-12-20-18-28(22-10-6-3-7-11-22)27-25(20)19-8-4-2-5-9-19/h2-18H,1H3,(H,26,29). The van der Waals surface area contributed by atoms with Crippen LogP contribution in [0.3, 0.4) is 0 Å². The van der Waals surface area contributed by atoms with E-state index in [1.165, 1.54) is 6.08 Å². The molecule has 0 atom stereocenters. The minimum Gasteiger partial charge on any atom is -0.497 e. The van der Waals surface area contributed by atoms with Crippen molar-refractivity contribution in [3.8, 4) is 22.7 Å². The summed E-state index contributed by atoms with van der Waals surface area (Å²) in [6, 6.07) is 27.0. The normalized spacial score (nSPS) is 10.8. The molecule has 0 radical (unpaired) electrons. The second-order valence-electron chi connectivity index (χ2n) is 6.63. The van der Waals surface area contributed by atoms with Crippen molar-refractivity contribution in [1.82, 2.24) is 9.78 Å². The minimum atomic E-state index is -0.216. The summed E-state index contributed by atoms with van der Waals surface area (Å²) in [7, 11) is 1.61. The second kappa shape index (κ2) is 8.92. The number of para-hydroxylation sites is 1. The lowest BCUT2D eigenvalue weighted by Gasteiger charge is -2.03. The van der Waals surface area contributed by atoms with Gasteiger partial charge in [0.25, 0.3) is 0 Å². The van der Waals surface area contributed by atoms with E-state index < -0.39 is 0 Å². The van der Waals surface area contributed by atoms with Gasteiger partial charge >= 0.3 is 0 Å². The monoisotopic (exact) mass is 395 g/mol. The zero-order valence-corrected chi connectivity index (χ0v) is 16.5. The SMILES string of the molecule is COc1ccc(NC(=O)C=Cc2cn(-c3ccccc3)nc2-c2ccccc2)cc1. The highest BCUT2D eigenvalue weighted by molar-refractivity contribution is 6.02. The number of carbonyl (C=O) groups excluding carboxylic acids is 1. The van der Waals surface area contributed by atoms with Crippen LogP contribution < -0.4 is 10.1 Å². The summed E-state index contributed by atoms with van der Waals surface area (Å²) in [5.74, 6) is 0.524. The van der Waals surface area contributed by atoms with Crippen molar-refractivity contribution < 1.29 is 9.53 Å². The number of anilines is 1. The fourth-order valence-electron chi connectivity index (χ4n) is 3.07. The summed E-state index contributed by atoms with van der Waals surface area (Å²) in [5, 5.41) is 7.60. The van der Waals surface area contributed by atoms with Crippen LogP contribution in [0.5, 0.6) is 5.75 Å². The van der Waals surface area contributed by atoms with Crippen LogP contribution in [0.1, 0.15) is 5.56 Å². The van der Waals surface area contributed by atoms with E-state index in [0.29, 0.717) is 5.69 Å². The zero-order valence-electron chi connectivity index (χ0n) is 16.5. The summed E-state index contributed by atoms with van der Waals surface area (Å²) >= 11 is 0. The lowest BCUT2D eigenvalue weighted by Crippen LogP contribution is -2.07. The first-order chi connectivity index (χ1) is 14.7. The molecule has 0 aliphatic rings. The predicted octanol–water partition coefficient (Wildman–Crippen LogP) is 5.20. The van der Waals surface area contributed by atoms with Crippen molar-refractivity contribution in [2.75, 3.05) is 12.4 Å². The fourth-order valence-corrected chi connectivity index (χ4v) is 3.07. The van der Waals surface area contributed by atoms with Crippen LogP contribution in [-0.4, -0.2) is 22.8 Å². The van der Waals surface area contributed by atoms with Crippen LogP contribution in [0.2, 0.25) is 0 Å². The fraction of sp³-hybridized carbons (Fsp3) is 0.0400. The Bertz CT molecular complexity index is 1150. The van der Waals surface area contributed by atoms with Crippen LogP contribution in [0.4, 0.5) is 5.69 Å². The molecule has 0 aliphatic heterocycles. The number of nitrogens with zero attached hydrogens (tertiary/aromatic N) is 2. The number of rotatable bonds is 6. The predicted molar refractivity (Wildman–Crippen MR) is 120 cm³/mol. The van der Waals surface area contributed by atoms with Crippen LogP contribution >= 0.6 is 0 Å². The van der Waals surface area contributed by atoms with Crippen LogP contribution in [0, 0.1) is 0 Å². The van der Waals surface area contributed by atoms with Crippen LogP contribution in [0.15, 0.2) is 97.2 Å². The van der Waals surface area contributed by atoms with E-state index in [4.69, 9.17) is 9.84 Å². The highest BCUT2D eigenvalue weighted by Crippen LogP contribution is 2.25. The molecular formula is C25H21N3O2. The van der Waals surface area contributed by atoms with Crippen molar-refractivity contribution in [3.63, 3.8) is 0 Å². The Labute approximate surface area is 175 Å². The van der Waals surface area contributed by atoms with E-state index >= 15 is 0 Å². The van der Waals surface area contributed by atoms with Gasteiger partial charge < -0.3 is 10.1 Å². The number of aromatic nitrogens is 2. The maximum atomic E-state index is 12.4. The third kappa shape index (κ3) is 4.47. The average Bonchev–Trinajstić information content (AvgIpc) is 3.24. The van der Waals surface area contributed by atoms with Gasteiger partial charge in [0.1, 0.15) is 5.75 Å². The van der Waals surface area contributed by atoms with Gasteiger partial charge in [0.15, 0.2) is 0 Å². The van der Waals surface area contributed by atoms with E-state index in [2.05, 4.69) is 5.32 Å². The summed E-state index contributed by atoms with van der Waals surface area (Å²) in [5.41, 5.74) is 4.32. The lowest BCUT2D eigenvalue weighted by molar-refractivity contribution is -0.111. The molecule has 4 aromatic rings.